The molecule has 2 saturated carbocycles. The number of anilines is 1. The van der Waals surface area contributed by atoms with Crippen LogP contribution in [0.2, 0.25) is 0 Å². The van der Waals surface area contributed by atoms with E-state index >= 15 is 0 Å². The molecule has 2 fully saturated rings. The summed E-state index contributed by atoms with van der Waals surface area (Å²) in [7, 11) is 0. The summed E-state index contributed by atoms with van der Waals surface area (Å²) in [6, 6.07) is 7.26. The molecule has 1 aliphatic heterocycles. The molecule has 132 valence electrons. The van der Waals surface area contributed by atoms with Crippen molar-refractivity contribution in [3.8, 4) is 5.75 Å². The molecule has 1 aromatic rings. The van der Waals surface area contributed by atoms with Crippen LogP contribution in [0, 0.1) is 17.8 Å². The van der Waals surface area contributed by atoms with E-state index < -0.39 is 0 Å². The van der Waals surface area contributed by atoms with Crippen molar-refractivity contribution in [3.05, 3.63) is 23.8 Å². The van der Waals surface area contributed by atoms with Crippen molar-refractivity contribution in [1.29, 1.82) is 0 Å². The highest BCUT2D eigenvalue weighted by Gasteiger charge is 2.41. The van der Waals surface area contributed by atoms with Gasteiger partial charge >= 0.3 is 0 Å². The van der Waals surface area contributed by atoms with Crippen molar-refractivity contribution in [2.75, 3.05) is 18.4 Å². The Balaban J connectivity index is 1.29. The Bertz CT molecular complexity index is 598. The summed E-state index contributed by atoms with van der Waals surface area (Å²) < 4.78 is 6.03. The van der Waals surface area contributed by atoms with Crippen molar-refractivity contribution in [3.63, 3.8) is 0 Å². The Morgan fingerprint density at radius 1 is 1.29 bits per heavy atom. The van der Waals surface area contributed by atoms with Gasteiger partial charge in [0, 0.05) is 6.04 Å². The third kappa shape index (κ3) is 3.28. The van der Waals surface area contributed by atoms with Crippen LogP contribution in [0.4, 0.5) is 5.69 Å². The fourth-order valence-electron chi connectivity index (χ4n) is 5.10. The molecular weight excluding hydrogens is 296 g/mol. The van der Waals surface area contributed by atoms with Gasteiger partial charge in [-0.1, -0.05) is 12.5 Å². The van der Waals surface area contributed by atoms with Crippen LogP contribution in [0.3, 0.4) is 0 Å². The molecule has 4 unspecified atom stereocenters. The topological polar surface area (TPSA) is 33.3 Å². The molecule has 2 bridgehead atoms. The summed E-state index contributed by atoms with van der Waals surface area (Å²) in [5.74, 6) is 3.95. The highest BCUT2D eigenvalue weighted by atomic mass is 16.5. The Labute approximate surface area is 146 Å². The monoisotopic (exact) mass is 328 g/mol. The second kappa shape index (κ2) is 6.25. The van der Waals surface area contributed by atoms with Crippen molar-refractivity contribution in [2.24, 2.45) is 17.8 Å². The van der Waals surface area contributed by atoms with Gasteiger partial charge in [0.05, 0.1) is 12.2 Å². The van der Waals surface area contributed by atoms with Gasteiger partial charge in [-0.05, 0) is 88.4 Å². The number of rotatable bonds is 5. The third-order valence-electron chi connectivity index (χ3n) is 6.45. The molecule has 0 saturated heterocycles. The fraction of sp³-hybridized carbons (Fsp3) is 0.714. The fourth-order valence-corrected chi connectivity index (χ4v) is 5.10. The van der Waals surface area contributed by atoms with Crippen LogP contribution in [-0.2, 0) is 6.42 Å². The van der Waals surface area contributed by atoms with Gasteiger partial charge < -0.3 is 15.4 Å². The number of benzene rings is 1. The molecule has 3 aliphatic rings. The van der Waals surface area contributed by atoms with Gasteiger partial charge in [-0.3, -0.25) is 0 Å². The van der Waals surface area contributed by atoms with Gasteiger partial charge in [0.15, 0.2) is 0 Å². The first-order valence-corrected chi connectivity index (χ1v) is 9.79. The molecule has 0 spiro atoms. The van der Waals surface area contributed by atoms with Crippen LogP contribution in [0.1, 0.15) is 52.0 Å². The molecule has 0 amide bonds. The van der Waals surface area contributed by atoms with E-state index in [1.165, 1.54) is 31.2 Å². The summed E-state index contributed by atoms with van der Waals surface area (Å²) in [6.07, 6.45) is 7.03. The molecule has 3 nitrogen and oxygen atoms in total. The smallest absolute Gasteiger partial charge is 0.143 e. The number of fused-ring (bicyclic) bond motifs is 3. The molecule has 24 heavy (non-hydrogen) atoms. The van der Waals surface area contributed by atoms with E-state index in [9.17, 15) is 0 Å². The number of hydrogen-bond acceptors (Lipinski definition) is 3. The first kappa shape index (κ1) is 16.3. The summed E-state index contributed by atoms with van der Waals surface area (Å²) in [5, 5.41) is 7.31. The van der Waals surface area contributed by atoms with Crippen LogP contribution in [0.5, 0.6) is 5.75 Å². The van der Waals surface area contributed by atoms with Crippen LogP contribution < -0.4 is 15.4 Å². The van der Waals surface area contributed by atoms with Gasteiger partial charge in [-0.2, -0.15) is 0 Å². The van der Waals surface area contributed by atoms with Crippen LogP contribution in [0.25, 0.3) is 0 Å². The first-order valence-electron chi connectivity index (χ1n) is 9.79. The molecule has 0 aromatic heterocycles. The Morgan fingerprint density at radius 3 is 2.92 bits per heavy atom. The first-order chi connectivity index (χ1) is 11.5. The lowest BCUT2D eigenvalue weighted by atomic mass is 9.84. The Hall–Kier alpha value is -1.22. The zero-order valence-electron chi connectivity index (χ0n) is 15.4. The maximum atomic E-state index is 6.03. The molecule has 0 radical (unpaired) electrons. The van der Waals surface area contributed by atoms with Crippen molar-refractivity contribution >= 4 is 5.69 Å². The number of hydrogen-bond donors (Lipinski definition) is 2. The summed E-state index contributed by atoms with van der Waals surface area (Å²) in [4.78, 5) is 0. The third-order valence-corrected chi connectivity index (χ3v) is 6.45. The Morgan fingerprint density at radius 2 is 2.17 bits per heavy atom. The van der Waals surface area contributed by atoms with Gasteiger partial charge in [-0.25, -0.2) is 0 Å². The van der Waals surface area contributed by atoms with E-state index in [4.69, 9.17) is 4.74 Å². The molecule has 2 N–H and O–H groups in total. The molecule has 4 rings (SSSR count). The minimum atomic E-state index is -0.119. The lowest BCUT2D eigenvalue weighted by Crippen LogP contribution is -2.40. The standard InChI is InChI=1S/C21H32N2O/c1-14(18-11-16-4-6-17(18)10-16)22-9-8-15-5-7-20-19(12-15)23-13-21(2,3)24-20/h5,7,12,14,16-18,22-23H,4,6,8-11,13H2,1-3H3. The lowest BCUT2D eigenvalue weighted by molar-refractivity contribution is 0.116. The predicted molar refractivity (Wildman–Crippen MR) is 99.7 cm³/mol. The normalized spacial score (nSPS) is 31.2. The minimum absolute atomic E-state index is 0.119. The predicted octanol–water partition coefficient (Wildman–Crippen LogP) is 4.23. The van der Waals surface area contributed by atoms with Crippen LogP contribution >= 0.6 is 0 Å². The van der Waals surface area contributed by atoms with Crippen LogP contribution in [0.15, 0.2) is 18.2 Å². The Kier molecular flexibility index (Phi) is 4.24. The van der Waals surface area contributed by atoms with E-state index in [1.54, 1.807) is 0 Å². The summed E-state index contributed by atoms with van der Waals surface area (Å²) in [5.41, 5.74) is 2.41. The molecule has 4 atom stereocenters. The van der Waals surface area contributed by atoms with Crippen LogP contribution in [-0.4, -0.2) is 24.7 Å². The SMILES string of the molecule is CC(NCCc1ccc2c(c1)NCC(C)(C)O2)C1CC2CCC1C2. The zero-order valence-corrected chi connectivity index (χ0v) is 15.4. The summed E-state index contributed by atoms with van der Waals surface area (Å²) >= 11 is 0. The molecule has 1 aromatic carbocycles. The molecule has 2 aliphatic carbocycles. The highest BCUT2D eigenvalue weighted by Crippen LogP contribution is 2.49. The quantitative estimate of drug-likeness (QED) is 0.849. The average Bonchev–Trinajstić information content (AvgIpc) is 3.17. The number of nitrogens with one attached hydrogen (secondary N) is 2. The zero-order chi connectivity index (χ0) is 16.7. The lowest BCUT2D eigenvalue weighted by Gasteiger charge is -2.33. The van der Waals surface area contributed by atoms with Gasteiger partial charge in [-0.15, -0.1) is 0 Å². The van der Waals surface area contributed by atoms with E-state index in [2.05, 4.69) is 49.6 Å². The van der Waals surface area contributed by atoms with E-state index in [0.717, 1.165) is 48.7 Å². The number of ether oxygens (including phenoxy) is 1. The highest BCUT2D eigenvalue weighted by molar-refractivity contribution is 5.60. The van der Waals surface area contributed by atoms with Gasteiger partial charge in [0.25, 0.3) is 0 Å². The molecular formula is C21H32N2O. The summed E-state index contributed by atoms with van der Waals surface area (Å²) in [6.45, 7) is 8.58. The van der Waals surface area contributed by atoms with Gasteiger partial charge in [0.2, 0.25) is 0 Å². The maximum absolute atomic E-state index is 6.03. The second-order valence-corrected chi connectivity index (χ2v) is 8.88. The maximum Gasteiger partial charge on any atom is 0.143 e. The van der Waals surface area contributed by atoms with Gasteiger partial charge in [0.1, 0.15) is 11.4 Å². The molecule has 1 heterocycles. The average molecular weight is 329 g/mol. The van der Waals surface area contributed by atoms with Crippen molar-refractivity contribution in [1.82, 2.24) is 5.32 Å². The van der Waals surface area contributed by atoms with E-state index in [-0.39, 0.29) is 5.60 Å². The van der Waals surface area contributed by atoms with E-state index in [0.29, 0.717) is 6.04 Å². The van der Waals surface area contributed by atoms with E-state index in [1.807, 2.05) is 0 Å². The second-order valence-electron chi connectivity index (χ2n) is 8.88. The largest absolute Gasteiger partial charge is 0.484 e. The minimum Gasteiger partial charge on any atom is -0.484 e. The van der Waals surface area contributed by atoms with Crippen molar-refractivity contribution < 1.29 is 4.74 Å². The van der Waals surface area contributed by atoms with Crippen molar-refractivity contribution in [2.45, 2.75) is 64.5 Å². The molecule has 3 heteroatoms.